The lowest BCUT2D eigenvalue weighted by Gasteiger charge is -2.12. The molecule has 0 aliphatic carbocycles. The molecule has 0 aliphatic rings. The summed E-state index contributed by atoms with van der Waals surface area (Å²) in [5.74, 6) is -1.22. The van der Waals surface area contributed by atoms with E-state index in [0.717, 1.165) is 11.1 Å². The molecule has 0 saturated heterocycles. The number of ether oxygens (including phenoxy) is 1. The number of nitrogens with zero attached hydrogens (tertiary/aromatic N) is 3. The van der Waals surface area contributed by atoms with Crippen LogP contribution < -0.4 is 5.73 Å². The second-order valence-electron chi connectivity index (χ2n) is 7.45. The maximum atomic E-state index is 12.4. The van der Waals surface area contributed by atoms with Gasteiger partial charge in [-0.15, -0.1) is 11.8 Å². The molecule has 2 aromatic heterocycles. The SMILES string of the molecule is COC(=O)c1c(N)c2c(-c3ccccc3)c(C#N)c(SCc3cccc(C(=O)O)c3)nc2n1C. The number of carboxylic acids is 1. The van der Waals surface area contributed by atoms with Crippen molar-refractivity contribution in [3.63, 3.8) is 0 Å². The monoisotopic (exact) mass is 472 g/mol. The number of fused-ring (bicyclic) bond motifs is 1. The quantitative estimate of drug-likeness (QED) is 0.310. The van der Waals surface area contributed by atoms with Crippen molar-refractivity contribution in [2.75, 3.05) is 12.8 Å². The van der Waals surface area contributed by atoms with Gasteiger partial charge in [-0.1, -0.05) is 42.5 Å². The number of nitriles is 1. The number of carbonyl (C=O) groups is 2. The summed E-state index contributed by atoms with van der Waals surface area (Å²) in [5.41, 5.74) is 9.82. The third kappa shape index (κ3) is 3.95. The Bertz CT molecular complexity index is 1470. The molecule has 0 amide bonds. The number of anilines is 1. The van der Waals surface area contributed by atoms with Crippen LogP contribution in [0, 0.1) is 11.3 Å². The van der Waals surface area contributed by atoms with Crippen molar-refractivity contribution in [3.8, 4) is 17.2 Å². The number of thioether (sulfide) groups is 1. The van der Waals surface area contributed by atoms with Gasteiger partial charge in [-0.2, -0.15) is 5.26 Å². The summed E-state index contributed by atoms with van der Waals surface area (Å²) >= 11 is 1.31. The van der Waals surface area contributed by atoms with E-state index in [1.165, 1.54) is 24.9 Å². The normalized spacial score (nSPS) is 10.7. The number of aromatic carboxylic acids is 1. The Morgan fingerprint density at radius 1 is 1.21 bits per heavy atom. The molecule has 0 aliphatic heterocycles. The average Bonchev–Trinajstić information content (AvgIpc) is 3.11. The van der Waals surface area contributed by atoms with Crippen molar-refractivity contribution in [1.29, 1.82) is 5.26 Å². The van der Waals surface area contributed by atoms with E-state index in [1.54, 1.807) is 23.7 Å². The number of esters is 1. The number of benzene rings is 2. The van der Waals surface area contributed by atoms with Crippen molar-refractivity contribution < 1.29 is 19.4 Å². The molecule has 4 rings (SSSR count). The summed E-state index contributed by atoms with van der Waals surface area (Å²) in [4.78, 5) is 28.5. The van der Waals surface area contributed by atoms with E-state index in [2.05, 4.69) is 6.07 Å². The molecule has 34 heavy (non-hydrogen) atoms. The van der Waals surface area contributed by atoms with Crippen molar-refractivity contribution in [2.45, 2.75) is 10.8 Å². The minimum atomic E-state index is -1.01. The molecule has 0 radical (unpaired) electrons. The number of hydrogen-bond acceptors (Lipinski definition) is 7. The number of pyridine rings is 1. The maximum absolute atomic E-state index is 12.4. The molecule has 2 heterocycles. The van der Waals surface area contributed by atoms with Crippen LogP contribution in [0.15, 0.2) is 59.6 Å². The van der Waals surface area contributed by atoms with Gasteiger partial charge in [0.25, 0.3) is 0 Å². The molecule has 0 bridgehead atoms. The fourth-order valence-corrected chi connectivity index (χ4v) is 4.77. The number of aromatic nitrogens is 2. The van der Waals surface area contributed by atoms with Gasteiger partial charge < -0.3 is 20.1 Å². The lowest BCUT2D eigenvalue weighted by Crippen LogP contribution is -2.10. The molecule has 0 saturated carbocycles. The highest BCUT2D eigenvalue weighted by atomic mass is 32.2. The first-order valence-electron chi connectivity index (χ1n) is 10.2. The molecule has 4 aromatic rings. The molecular weight excluding hydrogens is 452 g/mol. The molecule has 2 aromatic carbocycles. The van der Waals surface area contributed by atoms with E-state index in [0.29, 0.717) is 32.9 Å². The van der Waals surface area contributed by atoms with Crippen LogP contribution in [-0.4, -0.2) is 33.7 Å². The summed E-state index contributed by atoms with van der Waals surface area (Å²) in [7, 11) is 2.95. The van der Waals surface area contributed by atoms with E-state index in [-0.39, 0.29) is 16.9 Å². The average molecular weight is 473 g/mol. The van der Waals surface area contributed by atoms with Crippen molar-refractivity contribution >= 4 is 40.4 Å². The Hall–Kier alpha value is -4.29. The van der Waals surface area contributed by atoms with Crippen LogP contribution in [0.4, 0.5) is 5.69 Å². The zero-order valence-electron chi connectivity index (χ0n) is 18.4. The lowest BCUT2D eigenvalue weighted by molar-refractivity contribution is 0.0590. The fraction of sp³-hybridized carbons (Fsp3) is 0.120. The number of carbonyl (C=O) groups excluding carboxylic acids is 1. The van der Waals surface area contributed by atoms with E-state index in [9.17, 15) is 20.0 Å². The van der Waals surface area contributed by atoms with Crippen molar-refractivity contribution in [1.82, 2.24) is 9.55 Å². The minimum Gasteiger partial charge on any atom is -0.478 e. The van der Waals surface area contributed by atoms with Crippen LogP contribution >= 0.6 is 11.8 Å². The van der Waals surface area contributed by atoms with Crippen LogP contribution in [0.25, 0.3) is 22.2 Å². The Balaban J connectivity index is 1.93. The Kier molecular flexibility index (Phi) is 6.25. The van der Waals surface area contributed by atoms with Gasteiger partial charge in [0, 0.05) is 18.4 Å². The summed E-state index contributed by atoms with van der Waals surface area (Å²) < 4.78 is 6.48. The third-order valence-electron chi connectivity index (χ3n) is 5.42. The predicted molar refractivity (Wildman–Crippen MR) is 130 cm³/mol. The van der Waals surface area contributed by atoms with E-state index < -0.39 is 11.9 Å². The highest BCUT2D eigenvalue weighted by Crippen LogP contribution is 2.41. The minimum absolute atomic E-state index is 0.155. The second kappa shape index (κ2) is 9.29. The molecule has 0 fully saturated rings. The van der Waals surface area contributed by atoms with Gasteiger partial charge in [-0.25, -0.2) is 14.6 Å². The van der Waals surface area contributed by atoms with Crippen LogP contribution in [0.2, 0.25) is 0 Å². The topological polar surface area (TPSA) is 131 Å². The largest absolute Gasteiger partial charge is 0.478 e. The van der Waals surface area contributed by atoms with Gasteiger partial charge in [-0.3, -0.25) is 0 Å². The smallest absolute Gasteiger partial charge is 0.356 e. The molecule has 3 N–H and O–H groups in total. The zero-order valence-corrected chi connectivity index (χ0v) is 19.2. The maximum Gasteiger partial charge on any atom is 0.356 e. The number of rotatable bonds is 6. The summed E-state index contributed by atoms with van der Waals surface area (Å²) in [6.45, 7) is 0. The van der Waals surface area contributed by atoms with Crippen LogP contribution in [0.5, 0.6) is 0 Å². The number of nitrogen functional groups attached to an aromatic ring is 1. The van der Waals surface area contributed by atoms with E-state index in [1.807, 2.05) is 36.4 Å². The molecule has 0 spiro atoms. The number of nitrogens with two attached hydrogens (primary N) is 1. The van der Waals surface area contributed by atoms with E-state index in [4.69, 9.17) is 15.5 Å². The molecule has 0 unspecified atom stereocenters. The van der Waals surface area contributed by atoms with Crippen LogP contribution in [0.1, 0.15) is 32.0 Å². The van der Waals surface area contributed by atoms with Crippen molar-refractivity contribution in [3.05, 3.63) is 77.0 Å². The van der Waals surface area contributed by atoms with Gasteiger partial charge in [0.05, 0.1) is 29.3 Å². The van der Waals surface area contributed by atoms with E-state index >= 15 is 0 Å². The second-order valence-corrected chi connectivity index (χ2v) is 8.41. The Morgan fingerprint density at radius 3 is 2.59 bits per heavy atom. The molecule has 9 heteroatoms. The first-order chi connectivity index (χ1) is 16.4. The Labute approximate surface area is 199 Å². The predicted octanol–water partition coefficient (Wildman–Crippen LogP) is 4.47. The van der Waals surface area contributed by atoms with Crippen LogP contribution in [0.3, 0.4) is 0 Å². The number of hydrogen-bond donors (Lipinski definition) is 2. The zero-order chi connectivity index (χ0) is 24.4. The van der Waals surface area contributed by atoms with Gasteiger partial charge in [0.2, 0.25) is 0 Å². The summed E-state index contributed by atoms with van der Waals surface area (Å²) in [6.07, 6.45) is 0. The lowest BCUT2D eigenvalue weighted by atomic mass is 9.98. The molecule has 170 valence electrons. The molecule has 0 atom stereocenters. The van der Waals surface area contributed by atoms with Crippen molar-refractivity contribution in [2.24, 2.45) is 7.05 Å². The van der Waals surface area contributed by atoms with Gasteiger partial charge in [0.15, 0.2) is 5.69 Å². The first-order valence-corrected chi connectivity index (χ1v) is 11.2. The highest BCUT2D eigenvalue weighted by Gasteiger charge is 2.27. The van der Waals surface area contributed by atoms with Gasteiger partial charge >= 0.3 is 11.9 Å². The first kappa shape index (κ1) is 22.9. The molecule has 8 nitrogen and oxygen atoms in total. The molecular formula is C25H20N4O4S. The number of methoxy groups -OCH3 is 1. The highest BCUT2D eigenvalue weighted by molar-refractivity contribution is 7.98. The summed E-state index contributed by atoms with van der Waals surface area (Å²) in [5, 5.41) is 20.4. The third-order valence-corrected chi connectivity index (χ3v) is 6.47. The fourth-order valence-electron chi connectivity index (χ4n) is 3.85. The standard InChI is InChI=1S/C25H20N4O4S/c1-29-21(25(32)33-2)20(27)19-18(15-8-4-3-5-9-15)17(12-26)23(28-22(19)29)34-13-14-7-6-10-16(11-14)24(30)31/h3-11H,13,27H2,1-2H3,(H,30,31). The van der Waals surface area contributed by atoms with Gasteiger partial charge in [-0.05, 0) is 23.3 Å². The van der Waals surface area contributed by atoms with Gasteiger partial charge in [0.1, 0.15) is 16.7 Å². The summed E-state index contributed by atoms with van der Waals surface area (Å²) in [6, 6.07) is 18.2. The Morgan fingerprint density at radius 2 is 1.94 bits per heavy atom. The number of aryl methyl sites for hydroxylation is 1. The van der Waals surface area contributed by atoms with Crippen LogP contribution in [-0.2, 0) is 17.5 Å². The number of carboxylic acid groups (broad SMARTS) is 1.